The number of pyridine rings is 1. The zero-order chi connectivity index (χ0) is 19.2. The van der Waals surface area contributed by atoms with Crippen LogP contribution in [0, 0.1) is 5.92 Å². The zero-order valence-electron chi connectivity index (χ0n) is 16.3. The topological polar surface area (TPSA) is 57.7 Å². The van der Waals surface area contributed by atoms with Gasteiger partial charge in [0.25, 0.3) is 5.91 Å². The third kappa shape index (κ3) is 4.70. The summed E-state index contributed by atoms with van der Waals surface area (Å²) in [4.78, 5) is 21.1. The average molecular weight is 368 g/mol. The molecule has 0 radical (unpaired) electrons. The lowest BCUT2D eigenvalue weighted by molar-refractivity contribution is 0.0944. The summed E-state index contributed by atoms with van der Waals surface area (Å²) in [7, 11) is 1.71. The number of carbonyl (C=O) groups excluding carboxylic acids is 1. The first-order valence-electron chi connectivity index (χ1n) is 9.45. The van der Waals surface area contributed by atoms with Crippen molar-refractivity contribution < 1.29 is 9.53 Å². The predicted octanol–water partition coefficient (Wildman–Crippen LogP) is 2.80. The smallest absolute Gasteiger partial charge is 0.269 e. The van der Waals surface area contributed by atoms with Gasteiger partial charge in [0.2, 0.25) is 0 Å². The maximum absolute atomic E-state index is 12.3. The summed E-state index contributed by atoms with van der Waals surface area (Å²) in [6, 6.07) is 12.0. The summed E-state index contributed by atoms with van der Waals surface area (Å²) in [6.45, 7) is 8.37. The number of piperazine rings is 1. The fourth-order valence-electron chi connectivity index (χ4n) is 3.22. The Kier molecular flexibility index (Phi) is 6.16. The number of amides is 1. The number of hydrogen-bond acceptors (Lipinski definition) is 5. The molecule has 0 bridgehead atoms. The molecule has 0 atom stereocenters. The molecule has 2 heterocycles. The van der Waals surface area contributed by atoms with Crippen molar-refractivity contribution in [2.24, 2.45) is 5.92 Å². The minimum atomic E-state index is -0.113. The number of methoxy groups -OCH3 is 1. The number of para-hydroxylation sites is 2. The number of aromatic nitrogens is 1. The van der Waals surface area contributed by atoms with Crippen molar-refractivity contribution in [3.63, 3.8) is 0 Å². The number of ether oxygens (including phenoxy) is 1. The van der Waals surface area contributed by atoms with Gasteiger partial charge in [0.1, 0.15) is 11.4 Å². The first-order valence-corrected chi connectivity index (χ1v) is 9.45. The van der Waals surface area contributed by atoms with Crippen LogP contribution in [0.15, 0.2) is 42.6 Å². The van der Waals surface area contributed by atoms with E-state index in [1.54, 1.807) is 13.3 Å². The van der Waals surface area contributed by atoms with Crippen LogP contribution in [0.2, 0.25) is 0 Å². The number of hydrogen-bond donors (Lipinski definition) is 1. The number of anilines is 2. The number of rotatable bonds is 6. The molecule has 1 aliphatic heterocycles. The molecule has 0 spiro atoms. The summed E-state index contributed by atoms with van der Waals surface area (Å²) >= 11 is 0. The van der Waals surface area contributed by atoms with Crippen LogP contribution >= 0.6 is 0 Å². The van der Waals surface area contributed by atoms with Gasteiger partial charge in [-0.15, -0.1) is 0 Å². The van der Waals surface area contributed by atoms with Crippen LogP contribution in [0.4, 0.5) is 11.4 Å². The lowest BCUT2D eigenvalue weighted by Crippen LogP contribution is -2.46. The molecule has 6 nitrogen and oxygen atoms in total. The Labute approximate surface area is 161 Å². The average Bonchev–Trinajstić information content (AvgIpc) is 2.72. The van der Waals surface area contributed by atoms with Gasteiger partial charge >= 0.3 is 0 Å². The fourth-order valence-corrected chi connectivity index (χ4v) is 3.22. The lowest BCUT2D eigenvalue weighted by atomic mass is 10.2. The first kappa shape index (κ1) is 19.0. The quantitative estimate of drug-likeness (QED) is 0.850. The van der Waals surface area contributed by atoms with Gasteiger partial charge < -0.3 is 19.9 Å². The van der Waals surface area contributed by atoms with Gasteiger partial charge in [0.15, 0.2) is 0 Å². The van der Waals surface area contributed by atoms with Crippen LogP contribution < -0.4 is 19.9 Å². The van der Waals surface area contributed by atoms with Crippen LogP contribution in [0.1, 0.15) is 24.3 Å². The highest BCUT2D eigenvalue weighted by Crippen LogP contribution is 2.29. The molecule has 1 aliphatic rings. The molecule has 144 valence electrons. The van der Waals surface area contributed by atoms with Crippen molar-refractivity contribution in [2.75, 3.05) is 49.6 Å². The molecule has 1 saturated heterocycles. The third-order valence-corrected chi connectivity index (χ3v) is 4.72. The van der Waals surface area contributed by atoms with E-state index in [-0.39, 0.29) is 5.91 Å². The highest BCUT2D eigenvalue weighted by atomic mass is 16.5. The molecule has 1 aromatic carbocycles. The molecule has 0 aliphatic carbocycles. The van der Waals surface area contributed by atoms with Crippen LogP contribution in [0.25, 0.3) is 0 Å². The molecule has 1 amide bonds. The minimum Gasteiger partial charge on any atom is -0.495 e. The van der Waals surface area contributed by atoms with Gasteiger partial charge in [0, 0.05) is 44.6 Å². The van der Waals surface area contributed by atoms with Gasteiger partial charge in [0.05, 0.1) is 12.8 Å². The molecule has 6 heteroatoms. The molecular formula is C21H28N4O2. The van der Waals surface area contributed by atoms with E-state index >= 15 is 0 Å². The molecule has 2 aromatic rings. The van der Waals surface area contributed by atoms with Crippen LogP contribution in [0.3, 0.4) is 0 Å². The zero-order valence-corrected chi connectivity index (χ0v) is 16.3. The van der Waals surface area contributed by atoms with Crippen LogP contribution in [-0.2, 0) is 0 Å². The second-order valence-corrected chi connectivity index (χ2v) is 7.15. The summed E-state index contributed by atoms with van der Waals surface area (Å²) < 4.78 is 5.48. The molecule has 1 fully saturated rings. The lowest BCUT2D eigenvalue weighted by Gasteiger charge is -2.37. The van der Waals surface area contributed by atoms with Crippen molar-refractivity contribution in [1.29, 1.82) is 0 Å². The maximum atomic E-state index is 12.3. The van der Waals surface area contributed by atoms with Gasteiger partial charge in [-0.2, -0.15) is 0 Å². The Bertz CT molecular complexity index is 770. The van der Waals surface area contributed by atoms with E-state index in [4.69, 9.17) is 4.74 Å². The van der Waals surface area contributed by atoms with E-state index in [1.165, 1.54) is 0 Å². The number of carbonyl (C=O) groups is 1. The third-order valence-electron chi connectivity index (χ3n) is 4.72. The number of nitrogens with zero attached hydrogens (tertiary/aromatic N) is 3. The second kappa shape index (κ2) is 8.75. The summed E-state index contributed by atoms with van der Waals surface area (Å²) in [5.41, 5.74) is 2.64. The van der Waals surface area contributed by atoms with Gasteiger partial charge in [-0.1, -0.05) is 26.0 Å². The van der Waals surface area contributed by atoms with Gasteiger partial charge in [-0.3, -0.25) is 9.78 Å². The Morgan fingerprint density at radius 1 is 1.15 bits per heavy atom. The standard InChI is InChI=1S/C21H28N4O2/c1-16(2)15-23-21(26)18-14-17(8-9-22-18)24-10-12-25(13-11-24)19-6-4-5-7-20(19)27-3/h4-9,14,16H,10-13,15H2,1-3H3,(H,23,26). The van der Waals surface area contributed by atoms with Crippen molar-refractivity contribution in [3.8, 4) is 5.75 Å². The maximum Gasteiger partial charge on any atom is 0.269 e. The summed E-state index contributed by atoms with van der Waals surface area (Å²) in [6.07, 6.45) is 1.71. The number of nitrogens with one attached hydrogen (secondary N) is 1. The Morgan fingerprint density at radius 2 is 1.85 bits per heavy atom. The molecule has 1 N–H and O–H groups in total. The summed E-state index contributed by atoms with van der Waals surface area (Å²) in [5, 5.41) is 2.93. The molecule has 0 unspecified atom stereocenters. The molecule has 27 heavy (non-hydrogen) atoms. The van der Waals surface area contributed by atoms with Gasteiger partial charge in [-0.25, -0.2) is 0 Å². The number of benzene rings is 1. The van der Waals surface area contributed by atoms with E-state index in [9.17, 15) is 4.79 Å². The van der Waals surface area contributed by atoms with Crippen LogP contribution in [0.5, 0.6) is 5.75 Å². The van der Waals surface area contributed by atoms with Crippen molar-refractivity contribution in [2.45, 2.75) is 13.8 Å². The highest BCUT2D eigenvalue weighted by molar-refractivity contribution is 5.93. The van der Waals surface area contributed by atoms with E-state index in [2.05, 4.69) is 40.0 Å². The molecular weight excluding hydrogens is 340 g/mol. The Morgan fingerprint density at radius 3 is 2.56 bits per heavy atom. The molecule has 0 saturated carbocycles. The van der Waals surface area contributed by atoms with Crippen molar-refractivity contribution in [3.05, 3.63) is 48.3 Å². The SMILES string of the molecule is COc1ccccc1N1CCN(c2ccnc(C(=O)NCC(C)C)c2)CC1. The Balaban J connectivity index is 1.64. The molecule has 1 aromatic heterocycles. The highest BCUT2D eigenvalue weighted by Gasteiger charge is 2.20. The monoisotopic (exact) mass is 368 g/mol. The largest absolute Gasteiger partial charge is 0.495 e. The summed E-state index contributed by atoms with van der Waals surface area (Å²) in [5.74, 6) is 1.21. The van der Waals surface area contributed by atoms with Crippen LogP contribution in [-0.4, -0.2) is 50.7 Å². The van der Waals surface area contributed by atoms with E-state index < -0.39 is 0 Å². The van der Waals surface area contributed by atoms with E-state index in [0.717, 1.165) is 43.3 Å². The normalized spacial score (nSPS) is 14.4. The van der Waals surface area contributed by atoms with Crippen molar-refractivity contribution >= 4 is 17.3 Å². The minimum absolute atomic E-state index is 0.113. The second-order valence-electron chi connectivity index (χ2n) is 7.15. The van der Waals surface area contributed by atoms with E-state index in [1.807, 2.05) is 30.3 Å². The molecule has 3 rings (SSSR count). The van der Waals surface area contributed by atoms with Crippen molar-refractivity contribution in [1.82, 2.24) is 10.3 Å². The van der Waals surface area contributed by atoms with E-state index in [0.29, 0.717) is 18.2 Å². The Hall–Kier alpha value is -2.76. The van der Waals surface area contributed by atoms with Gasteiger partial charge in [-0.05, 0) is 30.2 Å². The predicted molar refractivity (Wildman–Crippen MR) is 109 cm³/mol. The first-order chi connectivity index (χ1) is 13.1. The fraction of sp³-hybridized carbons (Fsp3) is 0.429.